The topological polar surface area (TPSA) is 117 Å². The van der Waals surface area contributed by atoms with Crippen molar-refractivity contribution in [3.05, 3.63) is 48.6 Å². The van der Waals surface area contributed by atoms with Crippen LogP contribution in [-0.4, -0.2) is 49.9 Å². The van der Waals surface area contributed by atoms with Gasteiger partial charge in [-0.25, -0.2) is 4.57 Å². The van der Waals surface area contributed by atoms with E-state index in [1.165, 1.54) is 44.9 Å². The van der Waals surface area contributed by atoms with E-state index in [0.29, 0.717) is 13.0 Å². The second-order valence-corrected chi connectivity index (χ2v) is 12.1. The summed E-state index contributed by atoms with van der Waals surface area (Å²) in [5.74, 6) is -0.374. The number of allylic oxidation sites excluding steroid dienone is 8. The number of unbranched alkanes of at least 4 members (excludes halogenated alkanes) is 10. The van der Waals surface area contributed by atoms with E-state index in [-0.39, 0.29) is 38.8 Å². The van der Waals surface area contributed by atoms with E-state index in [1.54, 1.807) is 0 Å². The predicted molar refractivity (Wildman–Crippen MR) is 178 cm³/mol. The molecule has 0 bridgehead atoms. The second kappa shape index (κ2) is 31.9. The van der Waals surface area contributed by atoms with Crippen LogP contribution in [-0.2, 0) is 27.9 Å². The number of phosphoric ester groups is 1. The molecular formula is C34H62NO7P. The third-order valence-electron chi connectivity index (χ3n) is 6.51. The molecule has 0 aromatic rings. The summed E-state index contributed by atoms with van der Waals surface area (Å²) in [5.41, 5.74) is 5.33. The van der Waals surface area contributed by atoms with Gasteiger partial charge in [0.2, 0.25) is 0 Å². The Kier molecular flexibility index (Phi) is 30.7. The molecule has 8 nitrogen and oxygen atoms in total. The molecule has 0 amide bonds. The van der Waals surface area contributed by atoms with Crippen LogP contribution in [0.3, 0.4) is 0 Å². The Balaban J connectivity index is 4.24. The van der Waals surface area contributed by atoms with E-state index in [1.807, 2.05) is 0 Å². The molecule has 250 valence electrons. The van der Waals surface area contributed by atoms with Crippen molar-refractivity contribution in [1.82, 2.24) is 0 Å². The summed E-state index contributed by atoms with van der Waals surface area (Å²) in [4.78, 5) is 22.2. The second-order valence-electron chi connectivity index (χ2n) is 10.6. The van der Waals surface area contributed by atoms with Gasteiger partial charge in [-0.3, -0.25) is 13.8 Å². The summed E-state index contributed by atoms with van der Waals surface area (Å²) < 4.78 is 33.1. The molecule has 0 fully saturated rings. The van der Waals surface area contributed by atoms with E-state index < -0.39 is 13.9 Å². The number of rotatable bonds is 31. The number of hydrogen-bond donors (Lipinski definition) is 2. The molecule has 0 heterocycles. The molecule has 2 atom stereocenters. The van der Waals surface area contributed by atoms with Crippen LogP contribution >= 0.6 is 7.82 Å². The van der Waals surface area contributed by atoms with Crippen molar-refractivity contribution in [3.63, 3.8) is 0 Å². The molecule has 0 aromatic carbocycles. The van der Waals surface area contributed by atoms with Crippen LogP contribution in [0.5, 0.6) is 0 Å². The zero-order valence-corrected chi connectivity index (χ0v) is 28.1. The molecule has 0 rings (SSSR count). The highest BCUT2D eigenvalue weighted by Crippen LogP contribution is 2.43. The number of nitrogens with two attached hydrogens (primary N) is 1. The highest BCUT2D eigenvalue weighted by molar-refractivity contribution is 7.47. The van der Waals surface area contributed by atoms with Gasteiger partial charge in [-0.05, 0) is 51.4 Å². The molecule has 0 aromatic heterocycles. The van der Waals surface area contributed by atoms with Crippen molar-refractivity contribution < 1.29 is 32.8 Å². The molecule has 0 aliphatic rings. The van der Waals surface area contributed by atoms with Gasteiger partial charge in [0, 0.05) is 19.6 Å². The van der Waals surface area contributed by atoms with Gasteiger partial charge in [0.25, 0.3) is 0 Å². The fraction of sp³-hybridized carbons (Fsp3) is 0.735. The van der Waals surface area contributed by atoms with Gasteiger partial charge in [0.15, 0.2) is 0 Å². The van der Waals surface area contributed by atoms with E-state index >= 15 is 0 Å². The van der Waals surface area contributed by atoms with Crippen LogP contribution in [0.2, 0.25) is 0 Å². The zero-order chi connectivity index (χ0) is 31.7. The maximum atomic E-state index is 12.4. The lowest BCUT2D eigenvalue weighted by Crippen LogP contribution is -2.28. The maximum absolute atomic E-state index is 12.4. The van der Waals surface area contributed by atoms with Crippen molar-refractivity contribution in [3.8, 4) is 0 Å². The van der Waals surface area contributed by atoms with Crippen molar-refractivity contribution in [1.29, 1.82) is 0 Å². The number of carbonyl (C=O) groups excluding carboxylic acids is 1. The van der Waals surface area contributed by atoms with Crippen LogP contribution in [0.1, 0.15) is 123 Å². The molecule has 3 N–H and O–H groups in total. The van der Waals surface area contributed by atoms with Gasteiger partial charge in [0.05, 0.1) is 19.8 Å². The molecule has 0 aliphatic carbocycles. The Labute approximate surface area is 262 Å². The quantitative estimate of drug-likeness (QED) is 0.0339. The predicted octanol–water partition coefficient (Wildman–Crippen LogP) is 8.90. The Morgan fingerprint density at radius 1 is 0.721 bits per heavy atom. The lowest BCUT2D eigenvalue weighted by molar-refractivity contribution is -0.154. The fourth-order valence-corrected chi connectivity index (χ4v) is 4.87. The standard InChI is InChI=1S/C34H62NO7P/c1-3-5-7-9-11-13-14-15-16-17-18-19-21-23-25-27-34(36)42-33(32-41-43(37,38)40-30-28-35)31-39-29-26-24-22-20-12-10-8-6-4-2/h5,7,11,13,15-16,18-19,33H,3-4,6,8-10,12,14,17,20-32,35H2,1-2H3,(H,37,38)/b7-5-,13-11-,16-15-,19-18-. The van der Waals surface area contributed by atoms with Gasteiger partial charge in [-0.15, -0.1) is 0 Å². The Morgan fingerprint density at radius 2 is 1.30 bits per heavy atom. The lowest BCUT2D eigenvalue weighted by Gasteiger charge is -2.20. The summed E-state index contributed by atoms with van der Waals surface area (Å²) in [7, 11) is -4.27. The first-order chi connectivity index (χ1) is 20.9. The zero-order valence-electron chi connectivity index (χ0n) is 27.2. The number of carbonyl (C=O) groups is 1. The fourth-order valence-electron chi connectivity index (χ4n) is 4.10. The summed E-state index contributed by atoms with van der Waals surface area (Å²) in [6.07, 6.45) is 34.1. The van der Waals surface area contributed by atoms with Crippen molar-refractivity contribution in [2.75, 3.05) is 33.0 Å². The molecule has 0 aliphatic heterocycles. The van der Waals surface area contributed by atoms with Crippen molar-refractivity contribution in [2.45, 2.75) is 129 Å². The van der Waals surface area contributed by atoms with Gasteiger partial charge < -0.3 is 20.1 Å². The Hall–Kier alpha value is -1.54. The van der Waals surface area contributed by atoms with Gasteiger partial charge in [-0.2, -0.15) is 0 Å². The van der Waals surface area contributed by atoms with E-state index in [4.69, 9.17) is 24.3 Å². The summed E-state index contributed by atoms with van der Waals surface area (Å²) in [5, 5.41) is 0. The van der Waals surface area contributed by atoms with Gasteiger partial charge >= 0.3 is 13.8 Å². The highest BCUT2D eigenvalue weighted by Gasteiger charge is 2.25. The van der Waals surface area contributed by atoms with Crippen LogP contribution in [0, 0.1) is 0 Å². The van der Waals surface area contributed by atoms with Crippen LogP contribution in [0.4, 0.5) is 0 Å². The number of esters is 1. The molecule has 0 radical (unpaired) electrons. The summed E-state index contributed by atoms with van der Waals surface area (Å²) >= 11 is 0. The minimum absolute atomic E-state index is 0.0923. The van der Waals surface area contributed by atoms with Crippen molar-refractivity contribution >= 4 is 13.8 Å². The minimum Gasteiger partial charge on any atom is -0.457 e. The van der Waals surface area contributed by atoms with E-state index in [9.17, 15) is 14.3 Å². The first-order valence-electron chi connectivity index (χ1n) is 16.6. The maximum Gasteiger partial charge on any atom is 0.472 e. The summed E-state index contributed by atoms with van der Waals surface area (Å²) in [6.45, 7) is 4.70. The average Bonchev–Trinajstić information content (AvgIpc) is 2.99. The number of phosphoric acid groups is 1. The van der Waals surface area contributed by atoms with Crippen LogP contribution in [0.15, 0.2) is 48.6 Å². The Bertz CT molecular complexity index is 798. The SMILES string of the molecule is CC/C=C\C/C=C\C/C=C\C/C=C\CCCCC(=O)OC(COCCCCCCCCCCC)COP(=O)(O)OCCN. The number of ether oxygens (including phenoxy) is 2. The first kappa shape index (κ1) is 41.5. The molecule has 9 heteroatoms. The number of hydrogen-bond acceptors (Lipinski definition) is 7. The molecule has 0 saturated carbocycles. The third kappa shape index (κ3) is 31.7. The van der Waals surface area contributed by atoms with Crippen LogP contribution in [0.25, 0.3) is 0 Å². The van der Waals surface area contributed by atoms with Gasteiger partial charge in [0.1, 0.15) is 6.10 Å². The van der Waals surface area contributed by atoms with Crippen LogP contribution < -0.4 is 5.73 Å². The highest BCUT2D eigenvalue weighted by atomic mass is 31.2. The smallest absolute Gasteiger partial charge is 0.457 e. The van der Waals surface area contributed by atoms with Gasteiger partial charge in [-0.1, -0.05) is 114 Å². The molecular weight excluding hydrogens is 565 g/mol. The Morgan fingerprint density at radius 3 is 1.91 bits per heavy atom. The monoisotopic (exact) mass is 627 g/mol. The lowest BCUT2D eigenvalue weighted by atomic mass is 10.1. The first-order valence-corrected chi connectivity index (χ1v) is 18.1. The van der Waals surface area contributed by atoms with E-state index in [2.05, 4.69) is 62.5 Å². The minimum atomic E-state index is -4.27. The molecule has 0 spiro atoms. The largest absolute Gasteiger partial charge is 0.472 e. The molecule has 0 saturated heterocycles. The third-order valence-corrected chi connectivity index (χ3v) is 7.49. The molecule has 2 unspecified atom stereocenters. The average molecular weight is 628 g/mol. The normalized spacial score (nSPS) is 14.4. The van der Waals surface area contributed by atoms with E-state index in [0.717, 1.165) is 51.4 Å². The molecule has 43 heavy (non-hydrogen) atoms. The van der Waals surface area contributed by atoms with Crippen molar-refractivity contribution in [2.24, 2.45) is 5.73 Å². The summed E-state index contributed by atoms with van der Waals surface area (Å²) in [6, 6.07) is 0.